The molecule has 0 atom stereocenters. The molecule has 10 heterocycles. The fourth-order valence-electron chi connectivity index (χ4n) is 6.81. The van der Waals surface area contributed by atoms with Crippen LogP contribution in [0.15, 0.2) is 452 Å². The van der Waals surface area contributed by atoms with Crippen LogP contribution in [-0.4, -0.2) is 49.8 Å². The van der Waals surface area contributed by atoms with Crippen LogP contribution in [0.3, 0.4) is 0 Å². The predicted octanol–water partition coefficient (Wildman–Crippen LogP) is 24.2. The van der Waals surface area contributed by atoms with Crippen molar-refractivity contribution < 1.29 is 0 Å². The van der Waals surface area contributed by atoms with Gasteiger partial charge in [0, 0.05) is 124 Å². The third-order valence-corrected chi connectivity index (χ3v) is 11.4. The molecule has 0 bridgehead atoms. The van der Waals surface area contributed by atoms with E-state index >= 15 is 0 Å². The van der Waals surface area contributed by atoms with Gasteiger partial charge in [0.1, 0.15) is 0 Å². The monoisotopic (exact) mass is 1350 g/mol. The van der Waals surface area contributed by atoms with E-state index in [-0.39, 0.29) is 0 Å². The van der Waals surface area contributed by atoms with Gasteiger partial charge in [-0.2, -0.15) is 0 Å². The maximum atomic E-state index is 3.78. The second kappa shape index (κ2) is 74.1. The molecule has 0 amide bonds. The zero-order chi connectivity index (χ0) is 74.0. The predicted molar refractivity (Wildman–Crippen MR) is 436 cm³/mol. The Bertz CT molecular complexity index is 3160. The summed E-state index contributed by atoms with van der Waals surface area (Å²) in [5.74, 6) is 0. The average molecular weight is 1350 g/mol. The molecule has 0 aliphatic carbocycles. The zero-order valence-corrected chi connectivity index (χ0v) is 61.2. The molecule has 0 spiro atoms. The van der Waals surface area contributed by atoms with Crippen LogP contribution in [0.2, 0.25) is 0 Å². The Kier molecular flexibility index (Phi) is 64.9. The van der Waals surface area contributed by atoms with Crippen molar-refractivity contribution in [2.75, 3.05) is 0 Å². The van der Waals surface area contributed by atoms with Crippen molar-refractivity contribution >= 4 is 21.5 Å². The van der Waals surface area contributed by atoms with E-state index < -0.39 is 0 Å². The summed E-state index contributed by atoms with van der Waals surface area (Å²) in [7, 11) is 0. The van der Waals surface area contributed by atoms with Gasteiger partial charge in [-0.1, -0.05) is 270 Å². The number of hydrogen-bond donors (Lipinski definition) is 0. The molecule has 0 unspecified atom stereocenters. The first-order chi connectivity index (χ1) is 50.5. The van der Waals surface area contributed by atoms with E-state index in [1.54, 1.807) is 124 Å². The molecule has 10 heteroatoms. The Morgan fingerprint density at radius 1 is 0.127 bits per heavy atom. The van der Waals surface area contributed by atoms with Crippen molar-refractivity contribution in [2.45, 2.75) is 69.2 Å². The molecule has 0 saturated heterocycles. The Morgan fingerprint density at radius 3 is 0.382 bits per heavy atom. The van der Waals surface area contributed by atoms with Crippen LogP contribution in [0.4, 0.5) is 0 Å². The smallest absolute Gasteiger partial charge is 0.0267 e. The Morgan fingerprint density at radius 2 is 0.265 bits per heavy atom. The van der Waals surface area contributed by atoms with Gasteiger partial charge in [-0.3, -0.25) is 49.8 Å². The van der Waals surface area contributed by atoms with Crippen molar-refractivity contribution in [3.8, 4) is 0 Å². The molecule has 16 rings (SSSR count). The van der Waals surface area contributed by atoms with Gasteiger partial charge in [-0.15, -0.1) is 0 Å². The van der Waals surface area contributed by atoms with Gasteiger partial charge in [-0.05, 0) is 171 Å². The van der Waals surface area contributed by atoms with E-state index in [1.165, 1.54) is 43.8 Å². The van der Waals surface area contributed by atoms with E-state index in [0.29, 0.717) is 0 Å². The SMILES string of the molecule is CC.CC.CC.Cc1ccc2ccccc2c1.Cc1ccc2ccccc2c1.Cc1ccccc1.Cc1ccccc1.c1ccncc1.c1ccncc1.c1ccncc1.c1ccncc1.c1ccncc1.c1ccncc1.c1ccncc1.c1ccncc1.c1ccncc1.c1ccncc1. The third-order valence-electron chi connectivity index (χ3n) is 11.4. The highest BCUT2D eigenvalue weighted by atomic mass is 14.6. The topological polar surface area (TPSA) is 129 Å². The second-order valence-corrected chi connectivity index (χ2v) is 19.3. The number of aromatic nitrogens is 10. The lowest BCUT2D eigenvalue weighted by molar-refractivity contribution is 1.33. The first kappa shape index (κ1) is 89.3. The van der Waals surface area contributed by atoms with Crippen LogP contribution in [-0.2, 0) is 0 Å². The van der Waals surface area contributed by atoms with Crippen LogP contribution < -0.4 is 0 Å². The van der Waals surface area contributed by atoms with Crippen molar-refractivity contribution in [3.05, 3.63) is 474 Å². The fourth-order valence-corrected chi connectivity index (χ4v) is 6.81. The minimum absolute atomic E-state index is 1.32. The Balaban J connectivity index is 0.00000108. The van der Waals surface area contributed by atoms with Crippen LogP contribution in [0.25, 0.3) is 21.5 Å². The van der Waals surface area contributed by atoms with E-state index in [1.807, 2.05) is 260 Å². The lowest BCUT2D eigenvalue weighted by Gasteiger charge is -1.96. The van der Waals surface area contributed by atoms with Gasteiger partial charge in [0.05, 0.1) is 0 Å². The molecular weight excluding hydrogens is 1250 g/mol. The van der Waals surface area contributed by atoms with Crippen LogP contribution in [0.5, 0.6) is 0 Å². The summed E-state index contributed by atoms with van der Waals surface area (Å²) in [6.07, 6.45) is 35.0. The number of benzene rings is 6. The molecule has 102 heavy (non-hydrogen) atoms. The summed E-state index contributed by atoms with van der Waals surface area (Å²) in [5.41, 5.74) is 5.29. The minimum Gasteiger partial charge on any atom is -0.265 e. The summed E-state index contributed by atoms with van der Waals surface area (Å²) >= 11 is 0. The number of pyridine rings is 10. The lowest BCUT2D eigenvalue weighted by atomic mass is 10.1. The van der Waals surface area contributed by atoms with Crippen molar-refractivity contribution in [1.29, 1.82) is 0 Å². The molecular formula is C92H104N10. The van der Waals surface area contributed by atoms with Crippen LogP contribution in [0.1, 0.15) is 63.8 Å². The van der Waals surface area contributed by atoms with E-state index in [0.717, 1.165) is 0 Å². The summed E-state index contributed by atoms with van der Waals surface area (Å²) < 4.78 is 0. The van der Waals surface area contributed by atoms with Crippen molar-refractivity contribution in [1.82, 2.24) is 49.8 Å². The van der Waals surface area contributed by atoms with Crippen LogP contribution in [0, 0.1) is 27.7 Å². The quantitative estimate of drug-likeness (QED) is 0.145. The Hall–Kier alpha value is -12.7. The minimum atomic E-state index is 1.32. The maximum Gasteiger partial charge on any atom is 0.0267 e. The van der Waals surface area contributed by atoms with Gasteiger partial charge < -0.3 is 0 Å². The zero-order valence-electron chi connectivity index (χ0n) is 61.2. The van der Waals surface area contributed by atoms with Gasteiger partial charge in [0.15, 0.2) is 0 Å². The molecule has 0 fully saturated rings. The molecule has 0 N–H and O–H groups in total. The fraction of sp³-hybridized carbons (Fsp3) is 0.109. The first-order valence-electron chi connectivity index (χ1n) is 33.9. The molecule has 522 valence electrons. The highest BCUT2D eigenvalue weighted by Crippen LogP contribution is 2.15. The van der Waals surface area contributed by atoms with Crippen LogP contribution >= 0.6 is 0 Å². The highest BCUT2D eigenvalue weighted by molar-refractivity contribution is 5.83. The molecule has 16 aromatic rings. The normalized spacial score (nSPS) is 8.29. The maximum absolute atomic E-state index is 3.78. The number of fused-ring (bicyclic) bond motifs is 2. The number of rotatable bonds is 0. The molecule has 10 nitrogen and oxygen atoms in total. The summed E-state index contributed by atoms with van der Waals surface area (Å²) in [6.45, 7) is 20.4. The molecule has 10 aromatic heterocycles. The lowest BCUT2D eigenvalue weighted by Crippen LogP contribution is -1.73. The summed E-state index contributed by atoms with van der Waals surface area (Å²) in [6, 6.07) is 108. The third kappa shape index (κ3) is 61.0. The Labute approximate surface area is 610 Å². The standard InChI is InChI=1S/2C11H10.2C7H8.10C5H5N.3C2H6/c2*1-9-6-7-10-4-2-3-5-11(10)8-9;2*1-7-5-3-2-4-6-7;10*1-2-4-6-5-3-1;3*1-2/h2*2-8H,1H3;2*2-6H,1H3;10*1-5H;3*1-2H3. The van der Waals surface area contributed by atoms with E-state index in [9.17, 15) is 0 Å². The molecule has 0 saturated carbocycles. The average Bonchev–Trinajstić information content (AvgIpc) is 0.873. The van der Waals surface area contributed by atoms with E-state index in [4.69, 9.17) is 0 Å². The number of nitrogens with zero attached hydrogens (tertiary/aromatic N) is 10. The van der Waals surface area contributed by atoms with Gasteiger partial charge in [-0.25, -0.2) is 0 Å². The largest absolute Gasteiger partial charge is 0.265 e. The van der Waals surface area contributed by atoms with Gasteiger partial charge in [0.2, 0.25) is 0 Å². The molecule has 0 aliphatic heterocycles. The second-order valence-electron chi connectivity index (χ2n) is 19.3. The van der Waals surface area contributed by atoms with Gasteiger partial charge >= 0.3 is 0 Å². The van der Waals surface area contributed by atoms with E-state index in [2.05, 4.69) is 187 Å². The molecule has 0 radical (unpaired) electrons. The molecule has 0 aliphatic rings. The summed E-state index contributed by atoms with van der Waals surface area (Å²) in [4.78, 5) is 37.8. The van der Waals surface area contributed by atoms with Crippen molar-refractivity contribution in [2.24, 2.45) is 0 Å². The first-order valence-corrected chi connectivity index (χ1v) is 33.9. The number of aryl methyl sites for hydroxylation is 4. The van der Waals surface area contributed by atoms with Crippen molar-refractivity contribution in [3.63, 3.8) is 0 Å². The number of hydrogen-bond acceptors (Lipinski definition) is 10. The van der Waals surface area contributed by atoms with Gasteiger partial charge in [0.25, 0.3) is 0 Å². The summed E-state index contributed by atoms with van der Waals surface area (Å²) in [5, 5.41) is 5.29. The highest BCUT2D eigenvalue weighted by Gasteiger charge is 1.91. The molecule has 6 aromatic carbocycles.